The molecular weight excluding hydrogens is 124 g/mol. The number of hydrogen-bond acceptors (Lipinski definition) is 0. The largest absolute Gasteiger partial charge is 0.361 e. The van der Waals surface area contributed by atoms with Crippen LogP contribution in [0.2, 0.25) is 0 Å². The van der Waals surface area contributed by atoms with Gasteiger partial charge in [-0.25, -0.2) is 0 Å². The summed E-state index contributed by atoms with van der Waals surface area (Å²) >= 11 is 0. The van der Waals surface area contributed by atoms with Gasteiger partial charge in [-0.2, -0.15) is 0 Å². The topological polar surface area (TPSA) is 39.6 Å². The predicted octanol–water partition coefficient (Wildman–Crippen LogP) is 2.08. The van der Waals surface area contributed by atoms with E-state index in [0.717, 1.165) is 10.9 Å². The second-order valence-corrected chi connectivity index (χ2v) is 2.24. The van der Waals surface area contributed by atoms with Crippen molar-refractivity contribution < 1.29 is 0 Å². The van der Waals surface area contributed by atoms with E-state index < -0.39 is 0 Å². The summed E-state index contributed by atoms with van der Waals surface area (Å²) < 4.78 is 0. The van der Waals surface area contributed by atoms with E-state index in [9.17, 15) is 0 Å². The summed E-state index contributed by atoms with van der Waals surface area (Å²) in [7, 11) is 0. The molecule has 1 aromatic heterocycles. The molecule has 1 radical (unpaired) electrons. The molecule has 49 valence electrons. The van der Waals surface area contributed by atoms with E-state index in [0.29, 0.717) is 5.69 Å². The van der Waals surface area contributed by atoms with Gasteiger partial charge in [-0.05, 0) is 18.2 Å². The molecule has 0 aliphatic rings. The van der Waals surface area contributed by atoms with Gasteiger partial charge in [-0.3, -0.25) is 0 Å². The second kappa shape index (κ2) is 1.77. The van der Waals surface area contributed by atoms with E-state index in [1.165, 1.54) is 0 Å². The third-order valence-corrected chi connectivity index (χ3v) is 1.59. The fourth-order valence-corrected chi connectivity index (χ4v) is 1.09. The Kier molecular flexibility index (Phi) is 0.947. The van der Waals surface area contributed by atoms with Crippen LogP contribution in [0.1, 0.15) is 0 Å². The standard InChI is InChI=1S/C8H7N2/c9-7-2-1-3-8-6(7)4-5-10-8/h1-5,9-10H. The van der Waals surface area contributed by atoms with Gasteiger partial charge in [0.2, 0.25) is 0 Å². The molecule has 0 atom stereocenters. The molecule has 1 heterocycles. The van der Waals surface area contributed by atoms with Crippen LogP contribution in [0.15, 0.2) is 30.5 Å². The van der Waals surface area contributed by atoms with Crippen molar-refractivity contribution in [3.05, 3.63) is 30.5 Å². The van der Waals surface area contributed by atoms with Crippen molar-refractivity contribution in [2.24, 2.45) is 0 Å². The first kappa shape index (κ1) is 5.35. The summed E-state index contributed by atoms with van der Waals surface area (Å²) in [5.41, 5.74) is 9.08. The zero-order valence-corrected chi connectivity index (χ0v) is 5.39. The molecule has 0 amide bonds. The highest BCUT2D eigenvalue weighted by Gasteiger charge is 1.95. The van der Waals surface area contributed by atoms with Crippen LogP contribution in [0.3, 0.4) is 0 Å². The maximum Gasteiger partial charge on any atom is 0.0633 e. The summed E-state index contributed by atoms with van der Waals surface area (Å²) in [4.78, 5) is 3.04. The van der Waals surface area contributed by atoms with Gasteiger partial charge in [-0.1, -0.05) is 6.07 Å². The molecule has 0 spiro atoms. The van der Waals surface area contributed by atoms with Crippen LogP contribution in [0.5, 0.6) is 0 Å². The minimum absolute atomic E-state index is 0.582. The number of hydrogen-bond donors (Lipinski definition) is 1. The van der Waals surface area contributed by atoms with Crippen molar-refractivity contribution in [1.29, 1.82) is 0 Å². The maximum atomic E-state index is 7.46. The van der Waals surface area contributed by atoms with Gasteiger partial charge in [0.25, 0.3) is 0 Å². The second-order valence-electron chi connectivity index (χ2n) is 2.24. The van der Waals surface area contributed by atoms with Crippen molar-refractivity contribution in [3.8, 4) is 0 Å². The minimum Gasteiger partial charge on any atom is -0.361 e. The Labute approximate surface area is 58.7 Å². The Morgan fingerprint density at radius 2 is 2.10 bits per heavy atom. The number of fused-ring (bicyclic) bond motifs is 1. The summed E-state index contributed by atoms with van der Waals surface area (Å²) in [6, 6.07) is 7.54. The van der Waals surface area contributed by atoms with Crippen LogP contribution in [-0.2, 0) is 0 Å². The Morgan fingerprint density at radius 3 is 2.90 bits per heavy atom. The highest BCUT2D eigenvalue weighted by atomic mass is 14.7. The van der Waals surface area contributed by atoms with E-state index in [1.54, 1.807) is 6.07 Å². The van der Waals surface area contributed by atoms with Crippen LogP contribution in [0.4, 0.5) is 5.69 Å². The van der Waals surface area contributed by atoms with Crippen molar-refractivity contribution in [2.75, 3.05) is 0 Å². The van der Waals surface area contributed by atoms with Crippen LogP contribution in [0.25, 0.3) is 10.9 Å². The Morgan fingerprint density at radius 1 is 1.20 bits per heavy atom. The van der Waals surface area contributed by atoms with E-state index in [2.05, 4.69) is 4.98 Å². The van der Waals surface area contributed by atoms with Crippen molar-refractivity contribution in [3.63, 3.8) is 0 Å². The minimum atomic E-state index is 0.582. The van der Waals surface area contributed by atoms with Crippen molar-refractivity contribution >= 4 is 16.6 Å². The van der Waals surface area contributed by atoms with Crippen LogP contribution >= 0.6 is 0 Å². The van der Waals surface area contributed by atoms with Crippen LogP contribution in [0, 0.1) is 0 Å². The highest BCUT2D eigenvalue weighted by Crippen LogP contribution is 2.19. The molecule has 0 fully saturated rings. The molecule has 2 N–H and O–H groups in total. The average Bonchev–Trinajstić information content (AvgIpc) is 2.36. The highest BCUT2D eigenvalue weighted by molar-refractivity contribution is 5.89. The van der Waals surface area contributed by atoms with Gasteiger partial charge in [0.05, 0.1) is 5.69 Å². The van der Waals surface area contributed by atoms with E-state index >= 15 is 0 Å². The molecule has 0 saturated carbocycles. The maximum absolute atomic E-state index is 7.46. The lowest BCUT2D eigenvalue weighted by molar-refractivity contribution is 1.47. The molecule has 10 heavy (non-hydrogen) atoms. The molecule has 0 unspecified atom stereocenters. The lowest BCUT2D eigenvalue weighted by atomic mass is 10.2. The first-order valence-corrected chi connectivity index (χ1v) is 3.15. The average molecular weight is 131 g/mol. The molecule has 0 aliphatic heterocycles. The number of nitrogens with one attached hydrogen (secondary N) is 2. The summed E-state index contributed by atoms with van der Waals surface area (Å²) in [5.74, 6) is 0. The first-order valence-electron chi connectivity index (χ1n) is 3.15. The lowest BCUT2D eigenvalue weighted by Crippen LogP contribution is -1.69. The fourth-order valence-electron chi connectivity index (χ4n) is 1.09. The van der Waals surface area contributed by atoms with Gasteiger partial charge >= 0.3 is 0 Å². The summed E-state index contributed by atoms with van der Waals surface area (Å²) in [6.07, 6.45) is 1.85. The zero-order valence-electron chi connectivity index (χ0n) is 5.39. The quantitative estimate of drug-likeness (QED) is 0.568. The van der Waals surface area contributed by atoms with Gasteiger partial charge in [0, 0.05) is 17.1 Å². The molecule has 1 aromatic carbocycles. The Hall–Kier alpha value is -1.44. The molecule has 2 nitrogen and oxygen atoms in total. The van der Waals surface area contributed by atoms with E-state index in [1.807, 2.05) is 24.4 Å². The number of aromatic nitrogens is 1. The number of aromatic amines is 1. The predicted molar refractivity (Wildman–Crippen MR) is 41.1 cm³/mol. The monoisotopic (exact) mass is 131 g/mol. The van der Waals surface area contributed by atoms with Gasteiger partial charge in [0.1, 0.15) is 0 Å². The Balaban J connectivity index is 2.95. The number of benzene rings is 1. The SMILES string of the molecule is [NH]c1cccc2[nH]ccc12. The molecule has 0 saturated heterocycles. The smallest absolute Gasteiger partial charge is 0.0633 e. The summed E-state index contributed by atoms with van der Waals surface area (Å²) in [5, 5.41) is 0.988. The fraction of sp³-hybridized carbons (Fsp3) is 0. The molecule has 0 aliphatic carbocycles. The Bertz CT molecular complexity index is 349. The van der Waals surface area contributed by atoms with Crippen molar-refractivity contribution in [1.82, 2.24) is 10.7 Å². The molecule has 2 heteroatoms. The third-order valence-electron chi connectivity index (χ3n) is 1.59. The van der Waals surface area contributed by atoms with E-state index in [-0.39, 0.29) is 0 Å². The van der Waals surface area contributed by atoms with Gasteiger partial charge in [-0.15, -0.1) is 0 Å². The van der Waals surface area contributed by atoms with Crippen LogP contribution < -0.4 is 5.73 Å². The van der Waals surface area contributed by atoms with E-state index in [4.69, 9.17) is 5.73 Å². The first-order chi connectivity index (χ1) is 4.88. The van der Waals surface area contributed by atoms with Crippen molar-refractivity contribution in [2.45, 2.75) is 0 Å². The number of H-pyrrole nitrogens is 1. The zero-order chi connectivity index (χ0) is 6.97. The number of rotatable bonds is 0. The molecule has 2 rings (SSSR count). The molecule has 2 aromatic rings. The normalized spacial score (nSPS) is 10.4. The molecule has 0 bridgehead atoms. The molecular formula is C8H7N2. The van der Waals surface area contributed by atoms with Gasteiger partial charge < -0.3 is 10.7 Å². The van der Waals surface area contributed by atoms with Crippen LogP contribution in [-0.4, -0.2) is 4.98 Å². The third kappa shape index (κ3) is 0.589. The lowest BCUT2D eigenvalue weighted by Gasteiger charge is -1.91. The van der Waals surface area contributed by atoms with Gasteiger partial charge in [0.15, 0.2) is 0 Å². The summed E-state index contributed by atoms with van der Waals surface area (Å²) in [6.45, 7) is 0.